The molecule has 2 nitrogen and oxygen atoms in total. The van der Waals surface area contributed by atoms with Crippen LogP contribution in [0.3, 0.4) is 0 Å². The number of benzene rings is 1. The highest BCUT2D eigenvalue weighted by atomic mass is 35.5. The van der Waals surface area contributed by atoms with Crippen LogP contribution < -0.4 is 11.1 Å². The van der Waals surface area contributed by atoms with E-state index >= 15 is 0 Å². The van der Waals surface area contributed by atoms with E-state index in [9.17, 15) is 4.39 Å². The molecule has 1 aromatic rings. The van der Waals surface area contributed by atoms with Crippen molar-refractivity contribution in [1.29, 1.82) is 0 Å². The quantitative estimate of drug-likeness (QED) is 0.879. The van der Waals surface area contributed by atoms with Gasteiger partial charge in [0.15, 0.2) is 0 Å². The lowest BCUT2D eigenvalue weighted by molar-refractivity contribution is 0.188. The highest BCUT2D eigenvalue weighted by molar-refractivity contribution is 6.30. The number of halogens is 2. The first-order valence-electron chi connectivity index (χ1n) is 6.89. The molecule has 0 saturated heterocycles. The summed E-state index contributed by atoms with van der Waals surface area (Å²) < 4.78 is 13.4. The van der Waals surface area contributed by atoms with Crippen LogP contribution in [0.4, 0.5) is 10.1 Å². The third-order valence-corrected chi connectivity index (χ3v) is 4.59. The molecule has 0 aliphatic heterocycles. The standard InChI is InChI=1S/C15H22ClFN2/c1-10-3-4-11(2)15(8-10,9-18)19-14-6-12(16)5-13(17)7-14/h5-7,10-11,19H,3-4,8-9,18H2,1-2H3. The summed E-state index contributed by atoms with van der Waals surface area (Å²) >= 11 is 5.91. The van der Waals surface area contributed by atoms with E-state index < -0.39 is 0 Å². The van der Waals surface area contributed by atoms with Gasteiger partial charge in [0, 0.05) is 17.3 Å². The topological polar surface area (TPSA) is 38.0 Å². The van der Waals surface area contributed by atoms with Gasteiger partial charge in [-0.25, -0.2) is 4.39 Å². The lowest BCUT2D eigenvalue weighted by Gasteiger charge is -2.45. The number of hydrogen-bond donors (Lipinski definition) is 2. The van der Waals surface area contributed by atoms with Crippen LogP contribution in [0.5, 0.6) is 0 Å². The molecule has 1 aliphatic carbocycles. The molecule has 3 N–H and O–H groups in total. The van der Waals surface area contributed by atoms with Crippen molar-refractivity contribution in [1.82, 2.24) is 0 Å². The zero-order valence-electron chi connectivity index (χ0n) is 11.5. The van der Waals surface area contributed by atoms with Gasteiger partial charge in [0.1, 0.15) is 5.82 Å². The Balaban J connectivity index is 2.26. The monoisotopic (exact) mass is 284 g/mol. The molecular formula is C15H22ClFN2. The van der Waals surface area contributed by atoms with Crippen LogP contribution in [0.1, 0.15) is 33.1 Å². The van der Waals surface area contributed by atoms with Gasteiger partial charge in [-0.1, -0.05) is 31.9 Å². The van der Waals surface area contributed by atoms with Crippen LogP contribution in [0.2, 0.25) is 5.02 Å². The van der Waals surface area contributed by atoms with Crippen molar-refractivity contribution >= 4 is 17.3 Å². The molecule has 1 aliphatic rings. The maximum atomic E-state index is 13.4. The fraction of sp³-hybridized carbons (Fsp3) is 0.600. The van der Waals surface area contributed by atoms with Crippen molar-refractivity contribution in [3.05, 3.63) is 29.0 Å². The molecule has 3 unspecified atom stereocenters. The zero-order chi connectivity index (χ0) is 14.0. The maximum Gasteiger partial charge on any atom is 0.126 e. The summed E-state index contributed by atoms with van der Waals surface area (Å²) in [6.45, 7) is 5.01. The summed E-state index contributed by atoms with van der Waals surface area (Å²) in [6.07, 6.45) is 3.39. The molecule has 0 heterocycles. The van der Waals surface area contributed by atoms with E-state index in [1.807, 2.05) is 0 Å². The van der Waals surface area contributed by atoms with Gasteiger partial charge in [0.25, 0.3) is 0 Å². The summed E-state index contributed by atoms with van der Waals surface area (Å²) in [7, 11) is 0. The van der Waals surface area contributed by atoms with Gasteiger partial charge in [-0.15, -0.1) is 0 Å². The SMILES string of the molecule is CC1CCC(C)C(CN)(Nc2cc(F)cc(Cl)c2)C1. The van der Waals surface area contributed by atoms with E-state index in [4.69, 9.17) is 17.3 Å². The Hall–Kier alpha value is -0.800. The Morgan fingerprint density at radius 3 is 2.74 bits per heavy atom. The summed E-state index contributed by atoms with van der Waals surface area (Å²) in [5, 5.41) is 3.86. The van der Waals surface area contributed by atoms with Crippen LogP contribution in [-0.2, 0) is 0 Å². The van der Waals surface area contributed by atoms with E-state index in [1.165, 1.54) is 18.6 Å². The largest absolute Gasteiger partial charge is 0.378 e. The van der Waals surface area contributed by atoms with Crippen LogP contribution in [-0.4, -0.2) is 12.1 Å². The Morgan fingerprint density at radius 1 is 1.37 bits per heavy atom. The number of anilines is 1. The predicted molar refractivity (Wildman–Crippen MR) is 79.0 cm³/mol. The molecule has 1 aromatic carbocycles. The van der Waals surface area contributed by atoms with E-state index in [0.29, 0.717) is 23.4 Å². The Morgan fingerprint density at radius 2 is 2.11 bits per heavy atom. The van der Waals surface area contributed by atoms with Crippen molar-refractivity contribution in [2.45, 2.75) is 38.6 Å². The maximum absolute atomic E-state index is 13.4. The molecule has 19 heavy (non-hydrogen) atoms. The lowest BCUT2D eigenvalue weighted by atomic mass is 9.69. The number of hydrogen-bond acceptors (Lipinski definition) is 2. The minimum atomic E-state index is -0.321. The van der Waals surface area contributed by atoms with E-state index in [0.717, 1.165) is 18.5 Å². The fourth-order valence-electron chi connectivity index (χ4n) is 3.16. The first kappa shape index (κ1) is 14.6. The molecular weight excluding hydrogens is 263 g/mol. The Labute approximate surface area is 119 Å². The molecule has 4 heteroatoms. The predicted octanol–water partition coefficient (Wildman–Crippen LogP) is 4.04. The van der Waals surface area contributed by atoms with Gasteiger partial charge in [-0.05, 0) is 42.9 Å². The van der Waals surface area contributed by atoms with Crippen molar-refractivity contribution in [3.8, 4) is 0 Å². The second-order valence-corrected chi connectivity index (χ2v) is 6.37. The Bertz CT molecular complexity index is 432. The van der Waals surface area contributed by atoms with Crippen molar-refractivity contribution < 1.29 is 4.39 Å². The minimum absolute atomic E-state index is 0.158. The smallest absolute Gasteiger partial charge is 0.126 e. The third-order valence-electron chi connectivity index (χ3n) is 4.37. The zero-order valence-corrected chi connectivity index (χ0v) is 12.3. The molecule has 3 atom stereocenters. The van der Waals surface area contributed by atoms with Gasteiger partial charge in [0.2, 0.25) is 0 Å². The first-order chi connectivity index (χ1) is 8.95. The van der Waals surface area contributed by atoms with Crippen molar-refractivity contribution in [3.63, 3.8) is 0 Å². The molecule has 2 rings (SSSR count). The average Bonchev–Trinajstić information content (AvgIpc) is 2.32. The molecule has 1 fully saturated rings. The summed E-state index contributed by atoms with van der Waals surface area (Å²) in [5.41, 5.74) is 6.59. The van der Waals surface area contributed by atoms with E-state index in [1.54, 1.807) is 6.07 Å². The number of rotatable bonds is 3. The molecule has 0 spiro atoms. The second kappa shape index (κ2) is 5.68. The van der Waals surface area contributed by atoms with Crippen LogP contribution in [0.25, 0.3) is 0 Å². The molecule has 0 bridgehead atoms. The summed E-state index contributed by atoms with van der Waals surface area (Å²) in [6, 6.07) is 4.55. The van der Waals surface area contributed by atoms with E-state index in [2.05, 4.69) is 19.2 Å². The molecule has 0 amide bonds. The van der Waals surface area contributed by atoms with E-state index in [-0.39, 0.29) is 11.4 Å². The van der Waals surface area contributed by atoms with Crippen LogP contribution >= 0.6 is 11.6 Å². The van der Waals surface area contributed by atoms with Crippen molar-refractivity contribution in [2.24, 2.45) is 17.6 Å². The van der Waals surface area contributed by atoms with Gasteiger partial charge in [-0.2, -0.15) is 0 Å². The van der Waals surface area contributed by atoms with Crippen molar-refractivity contribution in [2.75, 3.05) is 11.9 Å². The first-order valence-corrected chi connectivity index (χ1v) is 7.27. The summed E-state index contributed by atoms with van der Waals surface area (Å²) in [4.78, 5) is 0. The highest BCUT2D eigenvalue weighted by Gasteiger charge is 2.39. The van der Waals surface area contributed by atoms with Gasteiger partial charge >= 0.3 is 0 Å². The average molecular weight is 285 g/mol. The van der Waals surface area contributed by atoms with Crippen LogP contribution in [0.15, 0.2) is 18.2 Å². The Kier molecular flexibility index (Phi) is 4.36. The van der Waals surface area contributed by atoms with Crippen LogP contribution in [0, 0.1) is 17.7 Å². The minimum Gasteiger partial charge on any atom is -0.378 e. The number of nitrogens with one attached hydrogen (secondary N) is 1. The van der Waals surface area contributed by atoms with Gasteiger partial charge < -0.3 is 11.1 Å². The van der Waals surface area contributed by atoms with Gasteiger partial charge in [0.05, 0.1) is 5.54 Å². The molecule has 0 radical (unpaired) electrons. The fourth-order valence-corrected chi connectivity index (χ4v) is 3.38. The lowest BCUT2D eigenvalue weighted by Crippen LogP contribution is -2.54. The summed E-state index contributed by atoms with van der Waals surface area (Å²) in [5.74, 6) is 0.783. The third kappa shape index (κ3) is 3.21. The molecule has 106 valence electrons. The highest BCUT2D eigenvalue weighted by Crippen LogP contribution is 2.39. The molecule has 1 saturated carbocycles. The number of nitrogens with two attached hydrogens (primary N) is 1. The second-order valence-electron chi connectivity index (χ2n) is 5.93. The normalized spacial score (nSPS) is 31.2. The molecule has 0 aromatic heterocycles. The van der Waals surface area contributed by atoms with Gasteiger partial charge in [-0.3, -0.25) is 0 Å².